The van der Waals surface area contributed by atoms with Crippen LogP contribution in [-0.2, 0) is 14.3 Å². The molecule has 21 heavy (non-hydrogen) atoms. The van der Waals surface area contributed by atoms with E-state index in [2.05, 4.69) is 0 Å². The third-order valence-electron chi connectivity index (χ3n) is 3.29. The number of halogens is 1. The second-order valence-corrected chi connectivity index (χ2v) is 5.20. The highest BCUT2D eigenvalue weighted by atomic mass is 35.5. The smallest absolute Gasteiger partial charge is 0.334 e. The van der Waals surface area contributed by atoms with Crippen molar-refractivity contribution in [1.82, 2.24) is 4.90 Å². The van der Waals surface area contributed by atoms with Gasteiger partial charge in [-0.15, -0.1) is 0 Å². The zero-order valence-electron chi connectivity index (χ0n) is 11.6. The van der Waals surface area contributed by atoms with Gasteiger partial charge in [0.25, 0.3) is 0 Å². The number of ether oxygens (including phenoxy) is 1. The minimum atomic E-state index is -1.06. The molecule has 1 aliphatic heterocycles. The number of amides is 1. The first-order valence-electron chi connectivity index (χ1n) is 6.55. The Kier molecular flexibility index (Phi) is 4.98. The number of hydrogen-bond acceptors (Lipinski definition) is 3. The Morgan fingerprint density at radius 3 is 2.81 bits per heavy atom. The summed E-state index contributed by atoms with van der Waals surface area (Å²) in [4.78, 5) is 24.6. The fourth-order valence-corrected chi connectivity index (χ4v) is 2.42. The van der Waals surface area contributed by atoms with Gasteiger partial charge in [-0.25, -0.2) is 4.79 Å². The number of carbonyl (C=O) groups excluding carboxylic acids is 1. The number of aliphatic carboxylic acids is 1. The summed E-state index contributed by atoms with van der Waals surface area (Å²) in [5.41, 5.74) is 1.53. The summed E-state index contributed by atoms with van der Waals surface area (Å²) >= 11 is 6.09. The standard InChI is InChI=1S/C15H16ClNO4/c1-10(11-4-2-3-5-12(11)16)8-14(18)17-6-7-21-13(9-17)15(19)20/h2-5,8,13H,6-7,9H2,1H3,(H,19,20)/b10-8+. The largest absolute Gasteiger partial charge is 0.479 e. The molecule has 1 fully saturated rings. The van der Waals surface area contributed by atoms with E-state index in [1.807, 2.05) is 18.2 Å². The Morgan fingerprint density at radius 2 is 2.14 bits per heavy atom. The second-order valence-electron chi connectivity index (χ2n) is 4.79. The molecule has 1 saturated heterocycles. The highest BCUT2D eigenvalue weighted by Gasteiger charge is 2.28. The number of nitrogens with zero attached hydrogens (tertiary/aromatic N) is 1. The summed E-state index contributed by atoms with van der Waals surface area (Å²) in [6.07, 6.45) is 0.516. The van der Waals surface area contributed by atoms with Gasteiger partial charge < -0.3 is 14.7 Å². The number of carboxylic acid groups (broad SMARTS) is 1. The van der Waals surface area contributed by atoms with Crippen molar-refractivity contribution in [3.8, 4) is 0 Å². The normalized spacial score (nSPS) is 19.4. The molecule has 0 aliphatic carbocycles. The summed E-state index contributed by atoms with van der Waals surface area (Å²) in [6, 6.07) is 7.26. The summed E-state index contributed by atoms with van der Waals surface area (Å²) in [5.74, 6) is -1.29. The third-order valence-corrected chi connectivity index (χ3v) is 3.62. The van der Waals surface area contributed by atoms with Gasteiger partial charge in [0.05, 0.1) is 13.2 Å². The van der Waals surface area contributed by atoms with Gasteiger partial charge in [0, 0.05) is 17.6 Å². The van der Waals surface area contributed by atoms with E-state index in [1.165, 1.54) is 11.0 Å². The SMILES string of the molecule is C/C(=C\C(=O)N1CCOC(C(=O)O)C1)c1ccccc1Cl. The van der Waals surface area contributed by atoms with Crippen LogP contribution in [0.5, 0.6) is 0 Å². The van der Waals surface area contributed by atoms with Crippen molar-refractivity contribution in [2.75, 3.05) is 19.7 Å². The molecule has 1 aliphatic rings. The molecule has 112 valence electrons. The van der Waals surface area contributed by atoms with Crippen molar-refractivity contribution in [2.24, 2.45) is 0 Å². The number of hydrogen-bond donors (Lipinski definition) is 1. The molecule has 1 atom stereocenters. The molecule has 1 aromatic rings. The Morgan fingerprint density at radius 1 is 1.43 bits per heavy atom. The average Bonchev–Trinajstić information content (AvgIpc) is 2.47. The van der Waals surface area contributed by atoms with Crippen molar-refractivity contribution in [3.05, 3.63) is 40.9 Å². The Bertz CT molecular complexity index is 585. The van der Waals surface area contributed by atoms with Crippen LogP contribution in [0.25, 0.3) is 5.57 Å². The van der Waals surface area contributed by atoms with Crippen LogP contribution in [0.1, 0.15) is 12.5 Å². The average molecular weight is 310 g/mol. The van der Waals surface area contributed by atoms with Gasteiger partial charge in [-0.1, -0.05) is 29.8 Å². The second kappa shape index (κ2) is 6.74. The lowest BCUT2D eigenvalue weighted by Gasteiger charge is -2.30. The van der Waals surface area contributed by atoms with Crippen LogP contribution in [0.15, 0.2) is 30.3 Å². The van der Waals surface area contributed by atoms with Gasteiger partial charge in [0.1, 0.15) is 0 Å². The molecule has 1 amide bonds. The van der Waals surface area contributed by atoms with E-state index in [0.29, 0.717) is 11.6 Å². The van der Waals surface area contributed by atoms with Gasteiger partial charge >= 0.3 is 5.97 Å². The first-order chi connectivity index (χ1) is 9.99. The minimum Gasteiger partial charge on any atom is -0.479 e. The van der Waals surface area contributed by atoms with Crippen LogP contribution in [0.3, 0.4) is 0 Å². The lowest BCUT2D eigenvalue weighted by Crippen LogP contribution is -2.48. The van der Waals surface area contributed by atoms with Crippen LogP contribution >= 0.6 is 11.6 Å². The maximum absolute atomic E-state index is 12.2. The highest BCUT2D eigenvalue weighted by Crippen LogP contribution is 2.23. The van der Waals surface area contributed by atoms with E-state index in [0.717, 1.165) is 11.1 Å². The predicted molar refractivity (Wildman–Crippen MR) is 79.1 cm³/mol. The zero-order valence-corrected chi connectivity index (χ0v) is 12.3. The van der Waals surface area contributed by atoms with Crippen molar-refractivity contribution in [1.29, 1.82) is 0 Å². The number of morpholine rings is 1. The molecule has 0 saturated carbocycles. The summed E-state index contributed by atoms with van der Waals surface area (Å²) in [6.45, 7) is 2.46. The molecule has 1 unspecified atom stereocenters. The topological polar surface area (TPSA) is 66.8 Å². The molecule has 0 radical (unpaired) electrons. The van der Waals surface area contributed by atoms with Crippen molar-refractivity contribution >= 4 is 29.1 Å². The van der Waals surface area contributed by atoms with Crippen molar-refractivity contribution in [2.45, 2.75) is 13.0 Å². The molecule has 0 bridgehead atoms. The summed E-state index contributed by atoms with van der Waals surface area (Å²) in [7, 11) is 0. The number of rotatable bonds is 3. The van der Waals surface area contributed by atoms with E-state index in [9.17, 15) is 9.59 Å². The third kappa shape index (κ3) is 3.83. The van der Waals surface area contributed by atoms with Gasteiger partial charge in [-0.2, -0.15) is 0 Å². The van der Waals surface area contributed by atoms with Crippen molar-refractivity contribution < 1.29 is 19.4 Å². The monoisotopic (exact) mass is 309 g/mol. The summed E-state index contributed by atoms with van der Waals surface area (Å²) in [5, 5.41) is 9.51. The Hall–Kier alpha value is -1.85. The van der Waals surface area contributed by atoms with Crippen LogP contribution in [0.2, 0.25) is 5.02 Å². The van der Waals surface area contributed by atoms with E-state index < -0.39 is 12.1 Å². The van der Waals surface area contributed by atoms with E-state index >= 15 is 0 Å². The quantitative estimate of drug-likeness (QED) is 0.868. The number of benzene rings is 1. The van der Waals surface area contributed by atoms with Gasteiger partial charge in [0.2, 0.25) is 5.91 Å². The molecule has 0 aromatic heterocycles. The van der Waals surface area contributed by atoms with Gasteiger partial charge in [-0.05, 0) is 24.1 Å². The van der Waals surface area contributed by atoms with Crippen molar-refractivity contribution in [3.63, 3.8) is 0 Å². The predicted octanol–water partition coefficient (Wildman–Crippen LogP) is 2.06. The fraction of sp³-hybridized carbons (Fsp3) is 0.333. The molecule has 2 rings (SSSR count). The molecule has 1 N–H and O–H groups in total. The minimum absolute atomic E-state index is 0.0560. The summed E-state index contributed by atoms with van der Waals surface area (Å²) < 4.78 is 5.09. The number of carbonyl (C=O) groups is 2. The van der Waals surface area contributed by atoms with Crippen LogP contribution in [-0.4, -0.2) is 47.7 Å². The molecule has 5 nitrogen and oxygen atoms in total. The lowest BCUT2D eigenvalue weighted by molar-refractivity contribution is -0.158. The van der Waals surface area contributed by atoms with E-state index in [1.54, 1.807) is 13.0 Å². The van der Waals surface area contributed by atoms with Crippen LogP contribution < -0.4 is 0 Å². The maximum Gasteiger partial charge on any atom is 0.334 e. The number of allylic oxidation sites excluding steroid dienone is 1. The van der Waals surface area contributed by atoms with Crippen LogP contribution in [0, 0.1) is 0 Å². The van der Waals surface area contributed by atoms with Gasteiger partial charge in [0.15, 0.2) is 6.10 Å². The molecule has 0 spiro atoms. The Labute approximate surface area is 127 Å². The van der Waals surface area contributed by atoms with Gasteiger partial charge in [-0.3, -0.25) is 4.79 Å². The molecular weight excluding hydrogens is 294 g/mol. The molecular formula is C15H16ClNO4. The first-order valence-corrected chi connectivity index (χ1v) is 6.93. The zero-order chi connectivity index (χ0) is 15.4. The van der Waals surface area contributed by atoms with E-state index in [4.69, 9.17) is 21.4 Å². The first kappa shape index (κ1) is 15.5. The van der Waals surface area contributed by atoms with E-state index in [-0.39, 0.29) is 19.1 Å². The Balaban J connectivity index is 2.11. The molecule has 6 heteroatoms. The maximum atomic E-state index is 12.2. The number of carboxylic acids is 1. The highest BCUT2D eigenvalue weighted by molar-refractivity contribution is 6.32. The lowest BCUT2D eigenvalue weighted by atomic mass is 10.1. The molecule has 1 heterocycles. The molecule has 1 aromatic carbocycles. The fourth-order valence-electron chi connectivity index (χ4n) is 2.13. The van der Waals surface area contributed by atoms with Crippen LogP contribution in [0.4, 0.5) is 0 Å².